The summed E-state index contributed by atoms with van der Waals surface area (Å²) in [6, 6.07) is 1.26. The van der Waals surface area contributed by atoms with Crippen LogP contribution in [0.5, 0.6) is 23.0 Å². The normalized spacial score (nSPS) is 27.6. The van der Waals surface area contributed by atoms with Gasteiger partial charge in [-0.3, -0.25) is 0 Å². The van der Waals surface area contributed by atoms with Gasteiger partial charge in [0, 0.05) is 11.6 Å². The van der Waals surface area contributed by atoms with E-state index in [0.717, 1.165) is 0 Å². The molecule has 1 aliphatic heterocycles. The molecule has 0 bridgehead atoms. The topological polar surface area (TPSA) is 158 Å². The number of phenols is 1. The third-order valence-electron chi connectivity index (χ3n) is 4.77. The van der Waals surface area contributed by atoms with Gasteiger partial charge in [0.15, 0.2) is 23.0 Å². The van der Waals surface area contributed by atoms with Crippen LogP contribution in [0.4, 0.5) is 0 Å². The molecule has 5 atom stereocenters. The second-order valence-corrected chi connectivity index (χ2v) is 7.57. The molecule has 1 fully saturated rings. The van der Waals surface area contributed by atoms with E-state index in [4.69, 9.17) is 18.9 Å². The van der Waals surface area contributed by atoms with Crippen LogP contribution in [0, 0.1) is 0 Å². The minimum atomic E-state index is -1.63. The number of aliphatic hydroxyl groups excluding tert-OH is 4. The Labute approximate surface area is 168 Å². The fourth-order valence-corrected chi connectivity index (χ4v) is 3.11. The number of aromatic hydroxyl groups is 1. The molecule has 10 nitrogen and oxygen atoms in total. The molecule has 1 aliphatic rings. The first kappa shape index (κ1) is 23.5. The van der Waals surface area contributed by atoms with Gasteiger partial charge in [-0.15, -0.1) is 0 Å². The van der Waals surface area contributed by atoms with Gasteiger partial charge < -0.3 is 49.6 Å². The number of aliphatic hydroxyl groups is 5. The van der Waals surface area contributed by atoms with Crippen molar-refractivity contribution in [2.24, 2.45) is 0 Å². The van der Waals surface area contributed by atoms with E-state index in [1.807, 2.05) is 0 Å². The summed E-state index contributed by atoms with van der Waals surface area (Å²) in [6.07, 6.45) is -6.88. The summed E-state index contributed by atoms with van der Waals surface area (Å²) in [5, 5.41) is 59.9. The lowest BCUT2D eigenvalue weighted by molar-refractivity contribution is -0.277. The average Bonchev–Trinajstić information content (AvgIpc) is 2.66. The summed E-state index contributed by atoms with van der Waals surface area (Å²) in [4.78, 5) is 0. The molecule has 1 aromatic carbocycles. The maximum atomic E-state index is 10.3. The SMILES string of the molecule is COc1cc(O)c(OC)c(CCC(C)(C)O)c1O[C@H]1O[C@H](CO)[C@@H](O)[C@@H](O)[C@@H]1O. The number of rotatable bonds is 8. The first-order valence-electron chi connectivity index (χ1n) is 9.20. The van der Waals surface area contributed by atoms with Crippen LogP contribution >= 0.6 is 0 Å². The Bertz CT molecular complexity index is 685. The Hall–Kier alpha value is -1.82. The van der Waals surface area contributed by atoms with Gasteiger partial charge in [0.2, 0.25) is 6.29 Å². The van der Waals surface area contributed by atoms with Gasteiger partial charge >= 0.3 is 0 Å². The van der Waals surface area contributed by atoms with Crippen LogP contribution in [0.1, 0.15) is 25.8 Å². The van der Waals surface area contributed by atoms with Crippen LogP contribution in [0.2, 0.25) is 0 Å². The molecular formula is C19H30O10. The van der Waals surface area contributed by atoms with E-state index in [-0.39, 0.29) is 35.8 Å². The van der Waals surface area contributed by atoms with Gasteiger partial charge in [-0.05, 0) is 26.7 Å². The molecule has 1 heterocycles. The smallest absolute Gasteiger partial charge is 0.229 e. The van der Waals surface area contributed by atoms with Crippen molar-refractivity contribution in [1.82, 2.24) is 0 Å². The number of ether oxygens (including phenoxy) is 4. The van der Waals surface area contributed by atoms with Gasteiger partial charge in [-0.1, -0.05) is 0 Å². The zero-order chi connectivity index (χ0) is 21.9. The number of benzene rings is 1. The zero-order valence-electron chi connectivity index (χ0n) is 16.9. The number of hydrogen-bond acceptors (Lipinski definition) is 10. The van der Waals surface area contributed by atoms with Crippen LogP contribution in [0.25, 0.3) is 0 Å². The van der Waals surface area contributed by atoms with Gasteiger partial charge in [0.1, 0.15) is 24.4 Å². The molecule has 2 rings (SSSR count). The third kappa shape index (κ3) is 5.21. The lowest BCUT2D eigenvalue weighted by atomic mass is 9.96. The highest BCUT2D eigenvalue weighted by Gasteiger charge is 2.45. The lowest BCUT2D eigenvalue weighted by Gasteiger charge is -2.40. The van der Waals surface area contributed by atoms with Crippen molar-refractivity contribution in [1.29, 1.82) is 0 Å². The van der Waals surface area contributed by atoms with Crippen molar-refractivity contribution in [3.05, 3.63) is 11.6 Å². The largest absolute Gasteiger partial charge is 0.504 e. The molecule has 0 aromatic heterocycles. The van der Waals surface area contributed by atoms with Crippen molar-refractivity contribution in [2.45, 2.75) is 63.0 Å². The quantitative estimate of drug-likeness (QED) is 0.318. The highest BCUT2D eigenvalue weighted by Crippen LogP contribution is 2.46. The Morgan fingerprint density at radius 3 is 2.21 bits per heavy atom. The Kier molecular flexibility index (Phi) is 7.55. The second-order valence-electron chi connectivity index (χ2n) is 7.57. The first-order chi connectivity index (χ1) is 13.5. The highest BCUT2D eigenvalue weighted by atomic mass is 16.7. The molecule has 0 unspecified atom stereocenters. The molecule has 166 valence electrons. The zero-order valence-corrected chi connectivity index (χ0v) is 16.9. The summed E-state index contributed by atoms with van der Waals surface area (Å²) in [5.74, 6) is 0.0487. The Balaban J connectivity index is 2.46. The van der Waals surface area contributed by atoms with E-state index >= 15 is 0 Å². The highest BCUT2D eigenvalue weighted by molar-refractivity contribution is 5.61. The number of methoxy groups -OCH3 is 2. The molecule has 10 heteroatoms. The van der Waals surface area contributed by atoms with Gasteiger partial charge in [-0.2, -0.15) is 0 Å². The predicted octanol–water partition coefficient (Wildman–Crippen LogP) is -0.708. The molecular weight excluding hydrogens is 388 g/mol. The van der Waals surface area contributed by atoms with Gasteiger partial charge in [-0.25, -0.2) is 0 Å². The van der Waals surface area contributed by atoms with Crippen molar-refractivity contribution in [3.8, 4) is 23.0 Å². The molecule has 1 saturated heterocycles. The van der Waals surface area contributed by atoms with Crippen molar-refractivity contribution < 1.29 is 49.6 Å². The average molecular weight is 418 g/mol. The van der Waals surface area contributed by atoms with Crippen molar-refractivity contribution in [3.63, 3.8) is 0 Å². The first-order valence-corrected chi connectivity index (χ1v) is 9.20. The van der Waals surface area contributed by atoms with Crippen LogP contribution < -0.4 is 14.2 Å². The molecule has 6 N–H and O–H groups in total. The maximum Gasteiger partial charge on any atom is 0.229 e. The lowest BCUT2D eigenvalue weighted by Crippen LogP contribution is -2.60. The molecule has 29 heavy (non-hydrogen) atoms. The number of phenolic OH excluding ortho intramolecular Hbond substituents is 1. The van der Waals surface area contributed by atoms with Crippen molar-refractivity contribution >= 4 is 0 Å². The minimum Gasteiger partial charge on any atom is -0.504 e. The van der Waals surface area contributed by atoms with Gasteiger partial charge in [0.25, 0.3) is 0 Å². The van der Waals surface area contributed by atoms with Crippen LogP contribution in [0.3, 0.4) is 0 Å². The Morgan fingerprint density at radius 1 is 1.03 bits per heavy atom. The van der Waals surface area contributed by atoms with Crippen molar-refractivity contribution in [2.75, 3.05) is 20.8 Å². The molecule has 0 amide bonds. The molecule has 0 spiro atoms. The standard InChI is InChI=1S/C19H30O10/c1-19(2,25)6-5-9-16(27-4)10(21)7-11(26-3)17(9)29-18-15(24)14(23)13(22)12(8-20)28-18/h7,12-15,18,20-25H,5-6,8H2,1-4H3/t12-,13-,14-,15+,18-/m1/s1. The van der Waals surface area contributed by atoms with E-state index in [9.17, 15) is 30.6 Å². The van der Waals surface area contributed by atoms with E-state index < -0.39 is 42.9 Å². The van der Waals surface area contributed by atoms with E-state index in [1.54, 1.807) is 13.8 Å². The van der Waals surface area contributed by atoms with Gasteiger partial charge in [0.05, 0.1) is 26.4 Å². The Morgan fingerprint density at radius 2 is 1.69 bits per heavy atom. The third-order valence-corrected chi connectivity index (χ3v) is 4.77. The summed E-state index contributed by atoms with van der Waals surface area (Å²) in [6.45, 7) is 2.64. The van der Waals surface area contributed by atoms with E-state index in [2.05, 4.69) is 0 Å². The number of hydrogen-bond donors (Lipinski definition) is 6. The fourth-order valence-electron chi connectivity index (χ4n) is 3.11. The predicted molar refractivity (Wildman–Crippen MR) is 100 cm³/mol. The van der Waals surface area contributed by atoms with E-state index in [1.165, 1.54) is 20.3 Å². The summed E-state index contributed by atoms with van der Waals surface area (Å²) in [5.41, 5.74) is -0.673. The monoisotopic (exact) mass is 418 g/mol. The van der Waals surface area contributed by atoms with Crippen LogP contribution in [-0.2, 0) is 11.2 Å². The molecule has 0 saturated carbocycles. The maximum absolute atomic E-state index is 10.3. The van der Waals surface area contributed by atoms with Crippen LogP contribution in [-0.4, -0.2) is 87.8 Å². The second kappa shape index (κ2) is 9.33. The minimum absolute atomic E-state index is 0.0655. The molecule has 0 aliphatic carbocycles. The fraction of sp³-hybridized carbons (Fsp3) is 0.684. The summed E-state index contributed by atoms with van der Waals surface area (Å²) < 4.78 is 21.7. The summed E-state index contributed by atoms with van der Waals surface area (Å²) >= 11 is 0. The molecule has 1 aromatic rings. The van der Waals surface area contributed by atoms with Crippen LogP contribution in [0.15, 0.2) is 6.07 Å². The molecule has 0 radical (unpaired) electrons. The van der Waals surface area contributed by atoms with E-state index in [0.29, 0.717) is 5.56 Å². The summed E-state index contributed by atoms with van der Waals surface area (Å²) in [7, 11) is 2.70.